The van der Waals surface area contributed by atoms with Gasteiger partial charge in [-0.1, -0.05) is 12.2 Å². The molecule has 0 saturated carbocycles. The largest absolute Gasteiger partial charge is 0.161 e. The van der Waals surface area contributed by atoms with Gasteiger partial charge in [0, 0.05) is 0 Å². The maximum absolute atomic E-state index is 2.35. The number of rotatable bonds is 0. The predicted molar refractivity (Wildman–Crippen MR) is 42.7 cm³/mol. The first-order valence-electron chi connectivity index (χ1n) is 3.69. The van der Waals surface area contributed by atoms with Crippen LogP contribution in [0.4, 0.5) is 0 Å². The molecule has 1 aliphatic carbocycles. The summed E-state index contributed by atoms with van der Waals surface area (Å²) < 4.78 is 0. The summed E-state index contributed by atoms with van der Waals surface area (Å²) in [4.78, 5) is 0. The molecule has 0 aromatic heterocycles. The zero-order chi connectivity index (χ0) is 6.10. The van der Waals surface area contributed by atoms with E-state index in [4.69, 9.17) is 0 Å². The zero-order valence-corrected chi connectivity index (χ0v) is 6.36. The van der Waals surface area contributed by atoms with Crippen LogP contribution in [0.3, 0.4) is 0 Å². The van der Waals surface area contributed by atoms with Crippen LogP contribution in [-0.4, -0.2) is 11.5 Å². The van der Waals surface area contributed by atoms with Crippen LogP contribution in [0.5, 0.6) is 0 Å². The van der Waals surface area contributed by atoms with E-state index < -0.39 is 0 Å². The van der Waals surface area contributed by atoms with Gasteiger partial charge in [-0.2, -0.15) is 11.8 Å². The van der Waals surface area contributed by atoms with Gasteiger partial charge < -0.3 is 0 Å². The molecule has 2 atom stereocenters. The summed E-state index contributed by atoms with van der Waals surface area (Å²) in [6.45, 7) is 0. The Morgan fingerprint density at radius 2 is 1.56 bits per heavy atom. The van der Waals surface area contributed by atoms with Gasteiger partial charge in [0.1, 0.15) is 0 Å². The third-order valence-corrected chi connectivity index (χ3v) is 3.70. The fraction of sp³-hybridized carbons (Fsp3) is 0.750. The molecule has 1 saturated heterocycles. The fourth-order valence-electron chi connectivity index (χ4n) is 1.71. The highest BCUT2D eigenvalue weighted by Gasteiger charge is 2.27. The second kappa shape index (κ2) is 2.37. The summed E-state index contributed by atoms with van der Waals surface area (Å²) in [5.41, 5.74) is 0. The summed E-state index contributed by atoms with van der Waals surface area (Å²) in [5.74, 6) is 4.93. The highest BCUT2D eigenvalue weighted by atomic mass is 32.2. The van der Waals surface area contributed by atoms with Crippen molar-refractivity contribution >= 4 is 11.8 Å². The Kier molecular flexibility index (Phi) is 1.54. The molecule has 0 aromatic carbocycles. The van der Waals surface area contributed by atoms with Gasteiger partial charge in [0.05, 0.1) is 0 Å². The van der Waals surface area contributed by atoms with Crippen LogP contribution in [0.15, 0.2) is 12.2 Å². The minimum Gasteiger partial charge on any atom is -0.161 e. The van der Waals surface area contributed by atoms with Crippen molar-refractivity contribution in [2.45, 2.75) is 12.8 Å². The molecule has 0 nitrogen and oxygen atoms in total. The Balaban J connectivity index is 2.07. The number of hydrogen-bond acceptors (Lipinski definition) is 1. The van der Waals surface area contributed by atoms with Crippen molar-refractivity contribution in [3.05, 3.63) is 12.2 Å². The Morgan fingerprint density at radius 1 is 1.00 bits per heavy atom. The Morgan fingerprint density at radius 3 is 2.11 bits per heavy atom. The normalized spacial score (nSPS) is 40.9. The molecule has 2 rings (SSSR count). The minimum absolute atomic E-state index is 1.04. The lowest BCUT2D eigenvalue weighted by atomic mass is 9.86. The van der Waals surface area contributed by atoms with E-state index in [1.807, 2.05) is 0 Å². The van der Waals surface area contributed by atoms with E-state index in [2.05, 4.69) is 23.9 Å². The second-order valence-corrected chi connectivity index (χ2v) is 4.08. The molecule has 0 bridgehead atoms. The lowest BCUT2D eigenvalue weighted by molar-refractivity contribution is 0.411. The van der Waals surface area contributed by atoms with Crippen LogP contribution in [0.1, 0.15) is 12.8 Å². The van der Waals surface area contributed by atoms with Crippen LogP contribution in [0.25, 0.3) is 0 Å². The van der Waals surface area contributed by atoms with E-state index >= 15 is 0 Å². The van der Waals surface area contributed by atoms with Gasteiger partial charge in [-0.25, -0.2) is 0 Å². The number of hydrogen-bond donors (Lipinski definition) is 0. The molecule has 0 unspecified atom stereocenters. The maximum Gasteiger partial charge on any atom is -0.00330 e. The van der Waals surface area contributed by atoms with E-state index in [9.17, 15) is 0 Å². The predicted octanol–water partition coefficient (Wildman–Crippen LogP) is 2.32. The van der Waals surface area contributed by atoms with E-state index in [1.54, 1.807) is 0 Å². The zero-order valence-electron chi connectivity index (χ0n) is 5.55. The smallest absolute Gasteiger partial charge is 0.00330 e. The van der Waals surface area contributed by atoms with Gasteiger partial charge >= 0.3 is 0 Å². The molecule has 1 heteroatoms. The summed E-state index contributed by atoms with van der Waals surface area (Å²) in [6, 6.07) is 0. The topological polar surface area (TPSA) is 0 Å². The highest BCUT2D eigenvalue weighted by Crippen LogP contribution is 2.37. The third kappa shape index (κ3) is 1.03. The van der Waals surface area contributed by atoms with Gasteiger partial charge in [0.2, 0.25) is 0 Å². The van der Waals surface area contributed by atoms with Crippen molar-refractivity contribution in [1.82, 2.24) is 0 Å². The molecular weight excluding hydrogens is 128 g/mol. The molecule has 9 heavy (non-hydrogen) atoms. The molecule has 0 N–H and O–H groups in total. The van der Waals surface area contributed by atoms with E-state index in [0.717, 1.165) is 11.8 Å². The summed E-state index contributed by atoms with van der Waals surface area (Å²) in [7, 11) is 0. The van der Waals surface area contributed by atoms with E-state index in [-0.39, 0.29) is 0 Å². The highest BCUT2D eigenvalue weighted by molar-refractivity contribution is 7.99. The number of thioether (sulfide) groups is 1. The first-order chi connectivity index (χ1) is 4.47. The molecule has 0 aromatic rings. The molecule has 50 valence electrons. The van der Waals surface area contributed by atoms with Crippen molar-refractivity contribution in [1.29, 1.82) is 0 Å². The van der Waals surface area contributed by atoms with Gasteiger partial charge in [-0.05, 0) is 36.2 Å². The van der Waals surface area contributed by atoms with Gasteiger partial charge in [0.25, 0.3) is 0 Å². The fourth-order valence-corrected chi connectivity index (χ4v) is 3.26. The summed E-state index contributed by atoms with van der Waals surface area (Å²) in [5, 5.41) is 0. The lowest BCUT2D eigenvalue weighted by Crippen LogP contribution is -2.13. The first-order valence-corrected chi connectivity index (χ1v) is 4.85. The van der Waals surface area contributed by atoms with Crippen molar-refractivity contribution in [3.8, 4) is 0 Å². The number of fused-ring (bicyclic) bond motifs is 1. The average Bonchev–Trinajstić information content (AvgIpc) is 2.33. The van der Waals surface area contributed by atoms with Crippen LogP contribution in [0.2, 0.25) is 0 Å². The molecule has 0 amide bonds. The third-order valence-electron chi connectivity index (χ3n) is 2.37. The summed E-state index contributed by atoms with van der Waals surface area (Å²) >= 11 is 2.14. The van der Waals surface area contributed by atoms with Crippen LogP contribution in [0, 0.1) is 11.8 Å². The quantitative estimate of drug-likeness (QED) is 0.465. The molecule has 1 aliphatic heterocycles. The molecule has 1 heterocycles. The number of allylic oxidation sites excluding steroid dienone is 2. The molecular formula is C8H12S. The Hall–Kier alpha value is 0.0900. The maximum atomic E-state index is 2.35. The van der Waals surface area contributed by atoms with Gasteiger partial charge in [-0.3, -0.25) is 0 Å². The second-order valence-electron chi connectivity index (χ2n) is 3.00. The SMILES string of the molecule is C1=CC[C@H]2CSC[C@@H]2C1. The van der Waals surface area contributed by atoms with Crippen molar-refractivity contribution in [2.24, 2.45) is 11.8 Å². The lowest BCUT2D eigenvalue weighted by Gasteiger charge is -2.18. The van der Waals surface area contributed by atoms with Crippen molar-refractivity contribution < 1.29 is 0 Å². The monoisotopic (exact) mass is 140 g/mol. The minimum atomic E-state index is 1.04. The standard InChI is InChI=1S/C8H12S/c1-2-4-8-6-9-5-7(8)3-1/h1-2,7-8H,3-6H2/t7-,8-/m0/s1. The summed E-state index contributed by atoms with van der Waals surface area (Å²) in [6.07, 6.45) is 7.43. The van der Waals surface area contributed by atoms with Crippen LogP contribution >= 0.6 is 11.8 Å². The Bertz CT molecular complexity index is 115. The Labute approximate surface area is 60.7 Å². The first kappa shape index (κ1) is 5.84. The molecule has 0 radical (unpaired) electrons. The van der Waals surface area contributed by atoms with Crippen molar-refractivity contribution in [3.63, 3.8) is 0 Å². The molecule has 0 spiro atoms. The van der Waals surface area contributed by atoms with Crippen LogP contribution in [-0.2, 0) is 0 Å². The van der Waals surface area contributed by atoms with Crippen LogP contribution < -0.4 is 0 Å². The average molecular weight is 140 g/mol. The van der Waals surface area contributed by atoms with E-state index in [0.29, 0.717) is 0 Å². The molecule has 2 aliphatic rings. The van der Waals surface area contributed by atoms with Gasteiger partial charge in [0.15, 0.2) is 0 Å². The van der Waals surface area contributed by atoms with E-state index in [1.165, 1.54) is 24.3 Å². The molecule has 1 fully saturated rings. The van der Waals surface area contributed by atoms with Gasteiger partial charge in [-0.15, -0.1) is 0 Å². The van der Waals surface area contributed by atoms with Crippen molar-refractivity contribution in [2.75, 3.05) is 11.5 Å².